The van der Waals surface area contributed by atoms with Gasteiger partial charge in [-0.25, -0.2) is 4.39 Å². The average Bonchev–Trinajstić information content (AvgIpc) is 2.39. The van der Waals surface area contributed by atoms with E-state index in [-0.39, 0.29) is 11.9 Å². The summed E-state index contributed by atoms with van der Waals surface area (Å²) in [6.45, 7) is 6.98. The van der Waals surface area contributed by atoms with Crippen LogP contribution in [0.1, 0.15) is 35.2 Å². The van der Waals surface area contributed by atoms with Crippen molar-refractivity contribution in [1.82, 2.24) is 5.32 Å². The SMILES string of the molecule is Cc1ccc(C(C)NCc2cc(F)ccc2Br)c(C)c1. The lowest BCUT2D eigenvalue weighted by atomic mass is 10.00. The molecule has 106 valence electrons. The Hall–Kier alpha value is -1.19. The van der Waals surface area contributed by atoms with Gasteiger partial charge in [-0.05, 0) is 55.7 Å². The van der Waals surface area contributed by atoms with Gasteiger partial charge in [-0.3, -0.25) is 0 Å². The van der Waals surface area contributed by atoms with E-state index in [0.29, 0.717) is 6.54 Å². The van der Waals surface area contributed by atoms with Crippen molar-refractivity contribution < 1.29 is 4.39 Å². The molecule has 0 radical (unpaired) electrons. The van der Waals surface area contributed by atoms with Gasteiger partial charge in [0, 0.05) is 17.1 Å². The molecule has 0 saturated carbocycles. The number of aryl methyl sites for hydroxylation is 2. The Bertz CT molecular complexity index is 610. The van der Waals surface area contributed by atoms with E-state index >= 15 is 0 Å². The highest BCUT2D eigenvalue weighted by Crippen LogP contribution is 2.21. The van der Waals surface area contributed by atoms with Crippen molar-refractivity contribution in [3.05, 3.63) is 68.9 Å². The van der Waals surface area contributed by atoms with E-state index in [4.69, 9.17) is 0 Å². The maximum Gasteiger partial charge on any atom is 0.123 e. The number of rotatable bonds is 4. The van der Waals surface area contributed by atoms with Gasteiger partial charge in [0.1, 0.15) is 5.82 Å². The van der Waals surface area contributed by atoms with Crippen LogP contribution in [0.5, 0.6) is 0 Å². The fourth-order valence-corrected chi connectivity index (χ4v) is 2.75. The molecule has 0 heterocycles. The molecule has 1 unspecified atom stereocenters. The number of benzene rings is 2. The van der Waals surface area contributed by atoms with E-state index in [9.17, 15) is 4.39 Å². The van der Waals surface area contributed by atoms with Crippen molar-refractivity contribution in [3.63, 3.8) is 0 Å². The first-order valence-corrected chi connectivity index (χ1v) is 7.51. The van der Waals surface area contributed by atoms with E-state index in [1.54, 1.807) is 12.1 Å². The zero-order valence-corrected chi connectivity index (χ0v) is 13.6. The van der Waals surface area contributed by atoms with Gasteiger partial charge in [0.15, 0.2) is 0 Å². The Kier molecular flexibility index (Phi) is 4.95. The van der Waals surface area contributed by atoms with Crippen molar-refractivity contribution in [3.8, 4) is 0 Å². The fraction of sp³-hybridized carbons (Fsp3) is 0.294. The molecule has 2 aromatic carbocycles. The van der Waals surface area contributed by atoms with Crippen LogP contribution in [0.25, 0.3) is 0 Å². The summed E-state index contributed by atoms with van der Waals surface area (Å²) in [5.41, 5.74) is 4.76. The Morgan fingerprint density at radius 1 is 1.15 bits per heavy atom. The lowest BCUT2D eigenvalue weighted by Crippen LogP contribution is -2.19. The van der Waals surface area contributed by atoms with Crippen LogP contribution in [0.15, 0.2) is 40.9 Å². The first-order chi connectivity index (χ1) is 9.47. The molecule has 1 N–H and O–H groups in total. The molecule has 0 bridgehead atoms. The number of hydrogen-bond donors (Lipinski definition) is 1. The third kappa shape index (κ3) is 3.68. The molecular formula is C17H19BrFN. The second kappa shape index (κ2) is 6.51. The van der Waals surface area contributed by atoms with Crippen LogP contribution in [0, 0.1) is 19.7 Å². The summed E-state index contributed by atoms with van der Waals surface area (Å²) in [5.74, 6) is -0.204. The molecule has 0 aliphatic carbocycles. The van der Waals surface area contributed by atoms with Crippen molar-refractivity contribution in [1.29, 1.82) is 0 Å². The molecule has 3 heteroatoms. The lowest BCUT2D eigenvalue weighted by molar-refractivity contribution is 0.566. The molecule has 2 aromatic rings. The maximum absolute atomic E-state index is 13.3. The van der Waals surface area contributed by atoms with Crippen molar-refractivity contribution >= 4 is 15.9 Å². The minimum Gasteiger partial charge on any atom is -0.306 e. The molecular weight excluding hydrogens is 317 g/mol. The van der Waals surface area contributed by atoms with E-state index in [2.05, 4.69) is 60.2 Å². The predicted molar refractivity (Wildman–Crippen MR) is 85.3 cm³/mol. The van der Waals surface area contributed by atoms with Crippen LogP contribution in [0.3, 0.4) is 0 Å². The molecule has 0 saturated heterocycles. The van der Waals surface area contributed by atoms with Crippen molar-refractivity contribution in [2.45, 2.75) is 33.4 Å². The van der Waals surface area contributed by atoms with Gasteiger partial charge >= 0.3 is 0 Å². The lowest BCUT2D eigenvalue weighted by Gasteiger charge is -2.17. The first-order valence-electron chi connectivity index (χ1n) is 6.72. The summed E-state index contributed by atoms with van der Waals surface area (Å²) in [4.78, 5) is 0. The fourth-order valence-electron chi connectivity index (χ4n) is 2.36. The third-order valence-corrected chi connectivity index (χ3v) is 4.27. The van der Waals surface area contributed by atoms with Gasteiger partial charge in [0.25, 0.3) is 0 Å². The average molecular weight is 336 g/mol. The molecule has 0 fully saturated rings. The molecule has 1 atom stereocenters. The quantitative estimate of drug-likeness (QED) is 0.823. The molecule has 20 heavy (non-hydrogen) atoms. The van der Waals surface area contributed by atoms with Gasteiger partial charge in [-0.2, -0.15) is 0 Å². The summed E-state index contributed by atoms with van der Waals surface area (Å²) in [6, 6.07) is 11.5. The number of hydrogen-bond acceptors (Lipinski definition) is 1. The van der Waals surface area contributed by atoms with Crippen molar-refractivity contribution in [2.75, 3.05) is 0 Å². The molecule has 2 rings (SSSR count). The molecule has 0 spiro atoms. The summed E-state index contributed by atoms with van der Waals surface area (Å²) in [7, 11) is 0. The molecule has 1 nitrogen and oxygen atoms in total. The van der Waals surface area contributed by atoms with E-state index in [1.165, 1.54) is 22.8 Å². The molecule has 0 aliphatic rings. The molecule has 0 aromatic heterocycles. The second-order valence-corrected chi connectivity index (χ2v) is 6.05. The first kappa shape index (κ1) is 15.2. The Balaban J connectivity index is 2.08. The van der Waals surface area contributed by atoms with Gasteiger partial charge in [0.05, 0.1) is 0 Å². The zero-order chi connectivity index (χ0) is 14.7. The maximum atomic E-state index is 13.3. The number of nitrogens with one attached hydrogen (secondary N) is 1. The van der Waals surface area contributed by atoms with Crippen LogP contribution in [-0.2, 0) is 6.54 Å². The second-order valence-electron chi connectivity index (χ2n) is 5.20. The minimum atomic E-state index is -0.204. The largest absolute Gasteiger partial charge is 0.306 e. The van der Waals surface area contributed by atoms with Crippen LogP contribution < -0.4 is 5.32 Å². The minimum absolute atomic E-state index is 0.204. The smallest absolute Gasteiger partial charge is 0.123 e. The zero-order valence-electron chi connectivity index (χ0n) is 12.0. The van der Waals surface area contributed by atoms with Crippen LogP contribution >= 0.6 is 15.9 Å². The van der Waals surface area contributed by atoms with Crippen LogP contribution in [-0.4, -0.2) is 0 Å². The van der Waals surface area contributed by atoms with Crippen LogP contribution in [0.4, 0.5) is 4.39 Å². The summed E-state index contributed by atoms with van der Waals surface area (Å²) < 4.78 is 14.2. The predicted octanol–water partition coefficient (Wildman–Crippen LogP) is 5.06. The van der Waals surface area contributed by atoms with Gasteiger partial charge < -0.3 is 5.32 Å². The third-order valence-electron chi connectivity index (χ3n) is 3.50. The normalized spacial score (nSPS) is 12.4. The highest BCUT2D eigenvalue weighted by Gasteiger charge is 2.09. The van der Waals surface area contributed by atoms with E-state index in [1.807, 2.05) is 0 Å². The highest BCUT2D eigenvalue weighted by atomic mass is 79.9. The Labute approximate surface area is 128 Å². The monoisotopic (exact) mass is 335 g/mol. The van der Waals surface area contributed by atoms with Gasteiger partial charge in [0.2, 0.25) is 0 Å². The van der Waals surface area contributed by atoms with Crippen LogP contribution in [0.2, 0.25) is 0 Å². The summed E-state index contributed by atoms with van der Waals surface area (Å²) in [6.07, 6.45) is 0. The van der Waals surface area contributed by atoms with E-state index in [0.717, 1.165) is 10.0 Å². The topological polar surface area (TPSA) is 12.0 Å². The molecule has 0 amide bonds. The van der Waals surface area contributed by atoms with Crippen molar-refractivity contribution in [2.24, 2.45) is 0 Å². The summed E-state index contributed by atoms with van der Waals surface area (Å²) >= 11 is 3.45. The Morgan fingerprint density at radius 3 is 2.60 bits per heavy atom. The van der Waals surface area contributed by atoms with E-state index < -0.39 is 0 Å². The van der Waals surface area contributed by atoms with Gasteiger partial charge in [-0.15, -0.1) is 0 Å². The van der Waals surface area contributed by atoms with Gasteiger partial charge in [-0.1, -0.05) is 39.7 Å². The number of halogens is 2. The molecule has 0 aliphatic heterocycles. The Morgan fingerprint density at radius 2 is 1.90 bits per heavy atom. The highest BCUT2D eigenvalue weighted by molar-refractivity contribution is 9.10. The standard InChI is InChI=1S/C17H19BrFN/c1-11-4-6-16(12(2)8-11)13(3)20-10-14-9-15(19)5-7-17(14)18/h4-9,13,20H,10H2,1-3H3. The summed E-state index contributed by atoms with van der Waals surface area (Å²) in [5, 5.41) is 3.45.